The van der Waals surface area contributed by atoms with Crippen LogP contribution in [0.4, 0.5) is 5.69 Å². The summed E-state index contributed by atoms with van der Waals surface area (Å²) in [4.78, 5) is 12.9. The molecule has 1 N–H and O–H groups in total. The molecule has 0 aliphatic carbocycles. The van der Waals surface area contributed by atoms with E-state index in [2.05, 4.69) is 29.6 Å². The van der Waals surface area contributed by atoms with Crippen molar-refractivity contribution in [3.63, 3.8) is 0 Å². The number of methoxy groups -OCH3 is 1. The van der Waals surface area contributed by atoms with Gasteiger partial charge in [0.2, 0.25) is 0 Å². The van der Waals surface area contributed by atoms with Crippen LogP contribution in [0.5, 0.6) is 11.5 Å². The van der Waals surface area contributed by atoms with Crippen molar-refractivity contribution in [2.75, 3.05) is 12.4 Å². The normalized spacial score (nSPS) is 11.1. The number of carbonyl (C=O) groups is 1. The highest BCUT2D eigenvalue weighted by Gasteiger charge is 2.15. The molecular weight excluding hydrogens is 472 g/mol. The number of nitrogens with one attached hydrogen (secondary N) is 1. The maximum atomic E-state index is 12.9. The Balaban J connectivity index is 1.65. The van der Waals surface area contributed by atoms with E-state index in [0.717, 1.165) is 27.5 Å². The third kappa shape index (κ3) is 5.35. The van der Waals surface area contributed by atoms with Crippen molar-refractivity contribution in [2.24, 2.45) is 0 Å². The van der Waals surface area contributed by atoms with Crippen LogP contribution in [0, 0.1) is 25.2 Å². The first kappa shape index (κ1) is 24.8. The summed E-state index contributed by atoms with van der Waals surface area (Å²) in [5.74, 6) is 0.574. The second-order valence-electron chi connectivity index (χ2n) is 8.31. The van der Waals surface area contributed by atoms with Gasteiger partial charge in [-0.05, 0) is 66.1 Å². The maximum absolute atomic E-state index is 12.9. The molecule has 4 aromatic rings. The topological polar surface area (TPSA) is 71.3 Å². The molecule has 0 aromatic heterocycles. The van der Waals surface area contributed by atoms with E-state index in [1.165, 1.54) is 6.08 Å². The summed E-state index contributed by atoms with van der Waals surface area (Å²) in [6, 6.07) is 24.8. The molecule has 0 saturated carbocycles. The molecule has 0 aliphatic heterocycles. The summed E-state index contributed by atoms with van der Waals surface area (Å²) < 4.78 is 11.6. The lowest BCUT2D eigenvalue weighted by molar-refractivity contribution is -0.112. The van der Waals surface area contributed by atoms with Crippen molar-refractivity contribution in [3.05, 3.63) is 106 Å². The first-order valence-corrected chi connectivity index (χ1v) is 11.8. The fraction of sp³-hybridized carbons (Fsp3) is 0.133. The van der Waals surface area contributed by atoms with Crippen LogP contribution < -0.4 is 14.8 Å². The van der Waals surface area contributed by atoms with Crippen molar-refractivity contribution in [3.8, 4) is 17.6 Å². The number of anilines is 1. The molecule has 0 radical (unpaired) electrons. The molecular formula is C30H25ClN2O3. The summed E-state index contributed by atoms with van der Waals surface area (Å²) in [5, 5.41) is 15.3. The number of fused-ring (bicyclic) bond motifs is 1. The van der Waals surface area contributed by atoms with Gasteiger partial charge in [-0.1, -0.05) is 54.1 Å². The maximum Gasteiger partial charge on any atom is 0.266 e. The molecule has 4 aromatic carbocycles. The molecule has 0 saturated heterocycles. The van der Waals surface area contributed by atoms with E-state index in [-0.39, 0.29) is 5.57 Å². The Hall–Kier alpha value is -4.27. The number of hydrogen-bond acceptors (Lipinski definition) is 4. The number of halogens is 1. The van der Waals surface area contributed by atoms with Gasteiger partial charge in [0.1, 0.15) is 29.7 Å². The first-order valence-electron chi connectivity index (χ1n) is 11.4. The molecule has 5 nitrogen and oxygen atoms in total. The fourth-order valence-corrected chi connectivity index (χ4v) is 4.08. The quantitative estimate of drug-likeness (QED) is 0.216. The molecule has 1 amide bonds. The van der Waals surface area contributed by atoms with Crippen molar-refractivity contribution in [1.82, 2.24) is 0 Å². The highest BCUT2D eigenvalue weighted by molar-refractivity contribution is 6.31. The second-order valence-corrected chi connectivity index (χ2v) is 8.72. The van der Waals surface area contributed by atoms with Gasteiger partial charge in [0.05, 0.1) is 7.11 Å². The Morgan fingerprint density at radius 3 is 2.64 bits per heavy atom. The van der Waals surface area contributed by atoms with Crippen LogP contribution in [-0.4, -0.2) is 13.0 Å². The zero-order valence-corrected chi connectivity index (χ0v) is 21.0. The van der Waals surface area contributed by atoms with E-state index >= 15 is 0 Å². The van der Waals surface area contributed by atoms with Crippen LogP contribution in [0.3, 0.4) is 0 Å². The number of amides is 1. The number of hydrogen-bond donors (Lipinski definition) is 1. The van der Waals surface area contributed by atoms with E-state index in [4.69, 9.17) is 21.1 Å². The third-order valence-corrected chi connectivity index (χ3v) is 6.46. The largest absolute Gasteiger partial charge is 0.497 e. The Labute approximate surface area is 215 Å². The SMILES string of the molecule is COc1ccc(/C=C(\C#N)C(=O)Nc2cccc(Cl)c2C)c(OCc2c(C)ccc3ccccc23)c1. The van der Waals surface area contributed by atoms with Gasteiger partial charge in [0.25, 0.3) is 5.91 Å². The molecule has 0 aliphatic rings. The Kier molecular flexibility index (Phi) is 7.58. The van der Waals surface area contributed by atoms with Crippen LogP contribution >= 0.6 is 11.6 Å². The molecule has 180 valence electrons. The van der Waals surface area contributed by atoms with Gasteiger partial charge in [-0.2, -0.15) is 5.26 Å². The highest BCUT2D eigenvalue weighted by atomic mass is 35.5. The summed E-state index contributed by atoms with van der Waals surface area (Å²) in [6.07, 6.45) is 1.51. The van der Waals surface area contributed by atoms with Crippen LogP contribution in [0.2, 0.25) is 5.02 Å². The lowest BCUT2D eigenvalue weighted by Crippen LogP contribution is -2.14. The van der Waals surface area contributed by atoms with Crippen LogP contribution in [0.25, 0.3) is 16.8 Å². The average Bonchev–Trinajstić information content (AvgIpc) is 2.89. The third-order valence-electron chi connectivity index (χ3n) is 6.05. The summed E-state index contributed by atoms with van der Waals surface area (Å²) >= 11 is 6.16. The lowest BCUT2D eigenvalue weighted by Gasteiger charge is -2.15. The minimum absolute atomic E-state index is 0.0641. The van der Waals surface area contributed by atoms with Gasteiger partial charge in [-0.25, -0.2) is 0 Å². The van der Waals surface area contributed by atoms with Gasteiger partial charge in [0.15, 0.2) is 0 Å². The Bertz CT molecular complexity index is 1520. The van der Waals surface area contributed by atoms with Gasteiger partial charge < -0.3 is 14.8 Å². The Morgan fingerprint density at radius 1 is 1.06 bits per heavy atom. The number of nitriles is 1. The number of carbonyl (C=O) groups excluding carboxylic acids is 1. The van der Waals surface area contributed by atoms with Gasteiger partial charge in [-0.3, -0.25) is 4.79 Å². The van der Waals surface area contributed by atoms with E-state index in [1.54, 1.807) is 50.4 Å². The summed E-state index contributed by atoms with van der Waals surface area (Å²) in [5.41, 5.74) is 3.98. The number of rotatable bonds is 7. The predicted molar refractivity (Wildman–Crippen MR) is 144 cm³/mol. The predicted octanol–water partition coefficient (Wildman–Crippen LogP) is 7.24. The molecule has 6 heteroatoms. The Morgan fingerprint density at radius 2 is 1.86 bits per heavy atom. The molecule has 0 fully saturated rings. The smallest absolute Gasteiger partial charge is 0.266 e. The summed E-state index contributed by atoms with van der Waals surface area (Å²) in [6.45, 7) is 4.17. The standard InChI is InChI=1S/C30H25ClN2O3/c1-19-11-12-21-7-4-5-8-25(21)26(19)18-36-29-16-24(35-3)14-13-22(29)15-23(17-32)30(34)33-28-10-6-9-27(31)20(28)2/h4-16H,18H2,1-3H3,(H,33,34)/b23-15+. The number of benzene rings is 4. The minimum Gasteiger partial charge on any atom is -0.497 e. The van der Waals surface area contributed by atoms with E-state index in [1.807, 2.05) is 25.1 Å². The number of aryl methyl sites for hydroxylation is 1. The number of ether oxygens (including phenoxy) is 2. The van der Waals surface area contributed by atoms with Crippen LogP contribution in [0.15, 0.2) is 78.4 Å². The molecule has 0 heterocycles. The van der Waals surface area contributed by atoms with Gasteiger partial charge in [-0.15, -0.1) is 0 Å². The summed E-state index contributed by atoms with van der Waals surface area (Å²) in [7, 11) is 1.57. The van der Waals surface area contributed by atoms with Gasteiger partial charge >= 0.3 is 0 Å². The molecule has 4 rings (SSSR count). The average molecular weight is 497 g/mol. The zero-order valence-electron chi connectivity index (χ0n) is 20.3. The lowest BCUT2D eigenvalue weighted by atomic mass is 10.0. The second kappa shape index (κ2) is 11.0. The van der Waals surface area contributed by atoms with Crippen molar-refractivity contribution in [2.45, 2.75) is 20.5 Å². The molecule has 36 heavy (non-hydrogen) atoms. The van der Waals surface area contributed by atoms with E-state index in [9.17, 15) is 10.1 Å². The van der Waals surface area contributed by atoms with Crippen molar-refractivity contribution in [1.29, 1.82) is 5.26 Å². The van der Waals surface area contributed by atoms with Crippen LogP contribution in [-0.2, 0) is 11.4 Å². The first-order chi connectivity index (χ1) is 17.4. The van der Waals surface area contributed by atoms with E-state index < -0.39 is 5.91 Å². The zero-order chi connectivity index (χ0) is 25.7. The van der Waals surface area contributed by atoms with Crippen LogP contribution in [0.1, 0.15) is 22.3 Å². The number of nitrogens with zero attached hydrogens (tertiary/aromatic N) is 1. The monoisotopic (exact) mass is 496 g/mol. The molecule has 0 atom stereocenters. The van der Waals surface area contributed by atoms with Crippen molar-refractivity contribution >= 4 is 40.0 Å². The minimum atomic E-state index is -0.533. The molecule has 0 unspecified atom stereocenters. The molecule has 0 bridgehead atoms. The highest BCUT2D eigenvalue weighted by Crippen LogP contribution is 2.30. The molecule has 0 spiro atoms. The van der Waals surface area contributed by atoms with E-state index in [0.29, 0.717) is 34.4 Å². The fourth-order valence-electron chi connectivity index (χ4n) is 3.91. The van der Waals surface area contributed by atoms with Gasteiger partial charge in [0, 0.05) is 27.9 Å². The van der Waals surface area contributed by atoms with Crippen molar-refractivity contribution < 1.29 is 14.3 Å².